The molecule has 1 aromatic carbocycles. The van der Waals surface area contributed by atoms with Crippen molar-refractivity contribution in [2.45, 2.75) is 18.9 Å². The summed E-state index contributed by atoms with van der Waals surface area (Å²) in [6, 6.07) is 3.42. The van der Waals surface area contributed by atoms with Gasteiger partial charge < -0.3 is 15.6 Å². The zero-order chi connectivity index (χ0) is 18.7. The standard InChI is InChI=1S/C18H18N6O2S/c1-23-4-2-9(3-5-23)24-16(25)10-6-12-13(7-11(10)17(24)26)22-15(21-12)14-8-20-18(19)27-14/h6-9H,2-5H2,1H3,(H2,19,20)(H,21,22). The van der Waals surface area contributed by atoms with Gasteiger partial charge in [0.1, 0.15) is 5.82 Å². The van der Waals surface area contributed by atoms with Gasteiger partial charge in [-0.15, -0.1) is 0 Å². The Bertz CT molecular complexity index is 1030. The maximum absolute atomic E-state index is 12.9. The number of anilines is 1. The van der Waals surface area contributed by atoms with Gasteiger partial charge in [0.25, 0.3) is 11.8 Å². The fourth-order valence-electron chi connectivity index (χ4n) is 3.86. The number of hydrogen-bond donors (Lipinski definition) is 2. The number of fused-ring (bicyclic) bond motifs is 2. The van der Waals surface area contributed by atoms with Crippen LogP contribution in [-0.4, -0.2) is 62.7 Å². The molecule has 9 heteroatoms. The first-order valence-electron chi connectivity index (χ1n) is 8.83. The lowest BCUT2D eigenvalue weighted by molar-refractivity contribution is 0.0516. The van der Waals surface area contributed by atoms with Gasteiger partial charge in [-0.1, -0.05) is 11.3 Å². The Hall–Kier alpha value is -2.78. The first kappa shape index (κ1) is 16.4. The van der Waals surface area contributed by atoms with Crippen LogP contribution in [0.15, 0.2) is 18.3 Å². The molecule has 0 saturated carbocycles. The number of imidazole rings is 1. The second-order valence-electron chi connectivity index (χ2n) is 7.08. The fourth-order valence-corrected chi connectivity index (χ4v) is 4.49. The topological polar surface area (TPSA) is 108 Å². The molecule has 8 nitrogen and oxygen atoms in total. The summed E-state index contributed by atoms with van der Waals surface area (Å²) in [6.45, 7) is 1.78. The van der Waals surface area contributed by atoms with E-state index in [0.29, 0.717) is 27.6 Å². The number of likely N-dealkylation sites (tertiary alicyclic amines) is 1. The van der Waals surface area contributed by atoms with Crippen LogP contribution in [0.5, 0.6) is 0 Å². The Labute approximate surface area is 159 Å². The Morgan fingerprint density at radius 1 is 1.19 bits per heavy atom. The number of nitrogens with zero attached hydrogens (tertiary/aromatic N) is 4. The van der Waals surface area contributed by atoms with Gasteiger partial charge in [-0.3, -0.25) is 14.5 Å². The third kappa shape index (κ3) is 2.54. The molecule has 0 atom stereocenters. The molecule has 0 radical (unpaired) electrons. The lowest BCUT2D eigenvalue weighted by atomic mass is 10.0. The van der Waals surface area contributed by atoms with Crippen molar-refractivity contribution in [3.8, 4) is 10.7 Å². The number of aromatic amines is 1. The van der Waals surface area contributed by atoms with Crippen LogP contribution in [0.1, 0.15) is 33.6 Å². The third-order valence-corrected chi connectivity index (χ3v) is 6.16. The number of nitrogens with two attached hydrogens (primary N) is 1. The highest BCUT2D eigenvalue weighted by molar-refractivity contribution is 7.18. The first-order valence-corrected chi connectivity index (χ1v) is 9.65. The van der Waals surface area contributed by atoms with Crippen LogP contribution in [0.3, 0.4) is 0 Å². The van der Waals surface area contributed by atoms with Crippen molar-refractivity contribution in [3.63, 3.8) is 0 Å². The summed E-state index contributed by atoms with van der Waals surface area (Å²) >= 11 is 1.33. The van der Waals surface area contributed by atoms with E-state index in [1.54, 1.807) is 18.3 Å². The summed E-state index contributed by atoms with van der Waals surface area (Å²) in [6.07, 6.45) is 3.29. The fraction of sp³-hybridized carbons (Fsp3) is 0.333. The summed E-state index contributed by atoms with van der Waals surface area (Å²) in [5.74, 6) is 0.220. The second kappa shape index (κ2) is 5.86. The number of H-pyrrole nitrogens is 1. The molecule has 2 aliphatic heterocycles. The van der Waals surface area contributed by atoms with Gasteiger partial charge >= 0.3 is 0 Å². The summed E-state index contributed by atoms with van der Waals surface area (Å²) in [5.41, 5.74) is 7.95. The van der Waals surface area contributed by atoms with Crippen molar-refractivity contribution >= 4 is 39.3 Å². The average Bonchev–Trinajstić information content (AvgIpc) is 3.32. The monoisotopic (exact) mass is 382 g/mol. The predicted molar refractivity (Wildman–Crippen MR) is 103 cm³/mol. The molecule has 0 bridgehead atoms. The largest absolute Gasteiger partial charge is 0.375 e. The lowest BCUT2D eigenvalue weighted by Crippen LogP contribution is -2.46. The zero-order valence-corrected chi connectivity index (χ0v) is 15.5. The van der Waals surface area contributed by atoms with Crippen molar-refractivity contribution in [2.75, 3.05) is 25.9 Å². The zero-order valence-electron chi connectivity index (χ0n) is 14.7. The molecule has 3 N–H and O–H groups in total. The molecule has 1 fully saturated rings. The number of nitrogen functional groups attached to an aromatic ring is 1. The Kier molecular flexibility index (Phi) is 3.56. The number of hydrogen-bond acceptors (Lipinski definition) is 7. The number of amides is 2. The molecular formula is C18H18N6O2S. The summed E-state index contributed by atoms with van der Waals surface area (Å²) in [7, 11) is 2.06. The number of carbonyl (C=O) groups is 2. The number of thiazole rings is 1. The second-order valence-corrected chi connectivity index (χ2v) is 8.14. The summed E-state index contributed by atoms with van der Waals surface area (Å²) in [4.78, 5) is 42.2. The number of piperidine rings is 1. The Balaban J connectivity index is 1.52. The Morgan fingerprint density at radius 2 is 1.89 bits per heavy atom. The Morgan fingerprint density at radius 3 is 2.56 bits per heavy atom. The van der Waals surface area contributed by atoms with Crippen LogP contribution in [-0.2, 0) is 0 Å². The van der Waals surface area contributed by atoms with E-state index in [4.69, 9.17) is 5.73 Å². The van der Waals surface area contributed by atoms with E-state index in [1.165, 1.54) is 16.2 Å². The summed E-state index contributed by atoms with van der Waals surface area (Å²) in [5, 5.41) is 0.465. The minimum Gasteiger partial charge on any atom is -0.375 e. The van der Waals surface area contributed by atoms with E-state index in [9.17, 15) is 9.59 Å². The van der Waals surface area contributed by atoms with E-state index >= 15 is 0 Å². The molecule has 4 heterocycles. The number of rotatable bonds is 2. The molecule has 2 aliphatic rings. The molecular weight excluding hydrogens is 364 g/mol. The van der Waals surface area contributed by atoms with Gasteiger partial charge in [0, 0.05) is 6.04 Å². The van der Waals surface area contributed by atoms with Crippen LogP contribution in [0.4, 0.5) is 5.13 Å². The van der Waals surface area contributed by atoms with Crippen molar-refractivity contribution in [1.82, 2.24) is 24.8 Å². The van der Waals surface area contributed by atoms with E-state index < -0.39 is 0 Å². The lowest BCUT2D eigenvalue weighted by Gasteiger charge is -2.33. The SMILES string of the molecule is CN1CCC(N2C(=O)c3cc4nc(-c5cnc(N)s5)[nH]c4cc3C2=O)CC1. The van der Waals surface area contributed by atoms with E-state index in [2.05, 4.69) is 26.9 Å². The van der Waals surface area contributed by atoms with Crippen LogP contribution in [0.2, 0.25) is 0 Å². The normalized spacial score (nSPS) is 18.6. The average molecular weight is 382 g/mol. The summed E-state index contributed by atoms with van der Waals surface area (Å²) < 4.78 is 0. The number of carbonyl (C=O) groups excluding carboxylic acids is 2. The molecule has 3 aromatic rings. The molecule has 0 aliphatic carbocycles. The van der Waals surface area contributed by atoms with Crippen LogP contribution in [0, 0.1) is 0 Å². The first-order chi connectivity index (χ1) is 13.0. The number of aromatic nitrogens is 3. The maximum atomic E-state index is 12.9. The molecule has 0 spiro atoms. The van der Waals surface area contributed by atoms with E-state index in [1.807, 2.05) is 0 Å². The van der Waals surface area contributed by atoms with Gasteiger partial charge in [0.15, 0.2) is 5.13 Å². The highest BCUT2D eigenvalue weighted by Gasteiger charge is 2.41. The van der Waals surface area contributed by atoms with E-state index in [-0.39, 0.29) is 17.9 Å². The molecule has 1 saturated heterocycles. The van der Waals surface area contributed by atoms with Gasteiger partial charge in [-0.05, 0) is 45.1 Å². The number of benzene rings is 1. The maximum Gasteiger partial charge on any atom is 0.261 e. The molecule has 2 aromatic heterocycles. The number of nitrogens with one attached hydrogen (secondary N) is 1. The molecule has 27 heavy (non-hydrogen) atoms. The van der Waals surface area contributed by atoms with Crippen LogP contribution < -0.4 is 5.73 Å². The molecule has 138 valence electrons. The minimum absolute atomic E-state index is 0.0318. The van der Waals surface area contributed by atoms with Crippen molar-refractivity contribution < 1.29 is 9.59 Å². The van der Waals surface area contributed by atoms with Crippen molar-refractivity contribution in [1.29, 1.82) is 0 Å². The van der Waals surface area contributed by atoms with Crippen molar-refractivity contribution in [3.05, 3.63) is 29.5 Å². The highest BCUT2D eigenvalue weighted by atomic mass is 32.1. The van der Waals surface area contributed by atoms with E-state index in [0.717, 1.165) is 36.3 Å². The van der Waals surface area contributed by atoms with Gasteiger partial charge in [-0.2, -0.15) is 0 Å². The van der Waals surface area contributed by atoms with Crippen molar-refractivity contribution in [2.24, 2.45) is 0 Å². The number of imide groups is 1. The van der Waals surface area contributed by atoms with Crippen LogP contribution >= 0.6 is 11.3 Å². The molecule has 0 unspecified atom stereocenters. The smallest absolute Gasteiger partial charge is 0.261 e. The predicted octanol–water partition coefficient (Wildman–Crippen LogP) is 1.96. The van der Waals surface area contributed by atoms with Crippen LogP contribution in [0.25, 0.3) is 21.7 Å². The highest BCUT2D eigenvalue weighted by Crippen LogP contribution is 2.33. The quantitative estimate of drug-likeness (QED) is 0.656. The van der Waals surface area contributed by atoms with Gasteiger partial charge in [0.05, 0.1) is 33.2 Å². The molecule has 5 rings (SSSR count). The third-order valence-electron chi connectivity index (χ3n) is 5.33. The van der Waals surface area contributed by atoms with Gasteiger partial charge in [0.2, 0.25) is 0 Å². The van der Waals surface area contributed by atoms with Gasteiger partial charge in [-0.25, -0.2) is 9.97 Å². The minimum atomic E-state index is -0.210. The molecule has 2 amide bonds.